The molecule has 0 aliphatic carbocycles. The predicted octanol–water partition coefficient (Wildman–Crippen LogP) is 0.673. The summed E-state index contributed by atoms with van der Waals surface area (Å²) in [6, 6.07) is 1.19. The maximum Gasteiger partial charge on any atom is 0.338 e. The summed E-state index contributed by atoms with van der Waals surface area (Å²) in [7, 11) is 0. The average molecular weight is 249 g/mol. The Bertz CT molecular complexity index is 544. The maximum atomic E-state index is 11.6. The number of imidazole rings is 1. The smallest absolute Gasteiger partial charge is 0.338 e. The SMILES string of the molecule is O=C(O)c1coc(C(=O)NCCc2ncc[nH]2)c1. The lowest BCUT2D eigenvalue weighted by Gasteiger charge is -2.00. The number of nitrogens with zero attached hydrogens (tertiary/aromatic N) is 1. The molecular formula is C11H11N3O4. The Morgan fingerprint density at radius 2 is 2.33 bits per heavy atom. The number of hydrogen-bond acceptors (Lipinski definition) is 4. The summed E-state index contributed by atoms with van der Waals surface area (Å²) in [6.45, 7) is 0.384. The van der Waals surface area contributed by atoms with E-state index < -0.39 is 11.9 Å². The van der Waals surface area contributed by atoms with Gasteiger partial charge < -0.3 is 19.8 Å². The van der Waals surface area contributed by atoms with E-state index in [1.807, 2.05) is 0 Å². The summed E-state index contributed by atoms with van der Waals surface area (Å²) in [4.78, 5) is 29.1. The second-order valence-electron chi connectivity index (χ2n) is 3.55. The summed E-state index contributed by atoms with van der Waals surface area (Å²) in [5, 5.41) is 11.3. The second-order valence-corrected chi connectivity index (χ2v) is 3.55. The minimum absolute atomic E-state index is 0.0214. The van der Waals surface area contributed by atoms with E-state index >= 15 is 0 Å². The topological polar surface area (TPSA) is 108 Å². The Kier molecular flexibility index (Phi) is 3.42. The Balaban J connectivity index is 1.85. The maximum absolute atomic E-state index is 11.6. The van der Waals surface area contributed by atoms with Gasteiger partial charge in [-0.05, 0) is 0 Å². The zero-order valence-electron chi connectivity index (χ0n) is 9.34. The number of aromatic amines is 1. The third kappa shape index (κ3) is 2.76. The molecule has 2 aromatic heterocycles. The van der Waals surface area contributed by atoms with Gasteiger partial charge >= 0.3 is 5.97 Å². The third-order valence-electron chi connectivity index (χ3n) is 2.27. The van der Waals surface area contributed by atoms with Crippen molar-refractivity contribution in [2.75, 3.05) is 6.54 Å². The number of carboxylic acid groups (broad SMARTS) is 1. The van der Waals surface area contributed by atoms with Gasteiger partial charge in [0.1, 0.15) is 12.1 Å². The second kappa shape index (κ2) is 5.17. The quantitative estimate of drug-likeness (QED) is 0.721. The van der Waals surface area contributed by atoms with Crippen molar-refractivity contribution in [1.29, 1.82) is 0 Å². The number of amides is 1. The number of rotatable bonds is 5. The van der Waals surface area contributed by atoms with Gasteiger partial charge in [0.2, 0.25) is 0 Å². The molecule has 1 amide bonds. The van der Waals surface area contributed by atoms with E-state index in [1.165, 1.54) is 6.07 Å². The fourth-order valence-electron chi connectivity index (χ4n) is 1.38. The van der Waals surface area contributed by atoms with Gasteiger partial charge in [0.05, 0.1) is 5.56 Å². The number of aromatic carboxylic acids is 1. The van der Waals surface area contributed by atoms with Crippen LogP contribution in [0.5, 0.6) is 0 Å². The van der Waals surface area contributed by atoms with E-state index in [4.69, 9.17) is 9.52 Å². The molecule has 0 saturated heterocycles. The number of aromatic nitrogens is 2. The average Bonchev–Trinajstić information content (AvgIpc) is 2.99. The molecule has 2 rings (SSSR count). The van der Waals surface area contributed by atoms with E-state index in [9.17, 15) is 9.59 Å². The minimum atomic E-state index is -1.13. The molecule has 0 aromatic carbocycles. The van der Waals surface area contributed by atoms with Crippen LogP contribution in [0, 0.1) is 0 Å². The first-order chi connectivity index (χ1) is 8.66. The van der Waals surface area contributed by atoms with Crippen molar-refractivity contribution in [3.8, 4) is 0 Å². The van der Waals surface area contributed by atoms with Crippen LogP contribution in [0.3, 0.4) is 0 Å². The van der Waals surface area contributed by atoms with Gasteiger partial charge in [-0.1, -0.05) is 0 Å². The summed E-state index contributed by atoms with van der Waals surface area (Å²) in [5.41, 5.74) is -0.0498. The van der Waals surface area contributed by atoms with Crippen LogP contribution >= 0.6 is 0 Å². The molecule has 0 bridgehead atoms. The Hall–Kier alpha value is -2.57. The van der Waals surface area contributed by atoms with Crippen LogP contribution in [0.4, 0.5) is 0 Å². The molecular weight excluding hydrogens is 238 g/mol. The highest BCUT2D eigenvalue weighted by atomic mass is 16.4. The van der Waals surface area contributed by atoms with Crippen molar-refractivity contribution in [2.24, 2.45) is 0 Å². The van der Waals surface area contributed by atoms with Gasteiger partial charge in [-0.15, -0.1) is 0 Å². The predicted molar refractivity (Wildman–Crippen MR) is 60.3 cm³/mol. The Morgan fingerprint density at radius 1 is 1.50 bits per heavy atom. The van der Waals surface area contributed by atoms with E-state index in [0.717, 1.165) is 12.1 Å². The molecule has 7 heteroatoms. The summed E-state index contributed by atoms with van der Waals surface area (Å²) in [5.74, 6) is -0.838. The van der Waals surface area contributed by atoms with E-state index in [0.29, 0.717) is 13.0 Å². The fraction of sp³-hybridized carbons (Fsp3) is 0.182. The highest BCUT2D eigenvalue weighted by Crippen LogP contribution is 2.07. The summed E-state index contributed by atoms with van der Waals surface area (Å²) in [6.07, 6.45) is 4.92. The van der Waals surface area contributed by atoms with Crippen LogP contribution in [0.1, 0.15) is 26.7 Å². The van der Waals surface area contributed by atoms with Gasteiger partial charge in [0.25, 0.3) is 5.91 Å². The lowest BCUT2D eigenvalue weighted by atomic mass is 10.3. The van der Waals surface area contributed by atoms with E-state index in [-0.39, 0.29) is 11.3 Å². The lowest BCUT2D eigenvalue weighted by Crippen LogP contribution is -2.25. The van der Waals surface area contributed by atoms with Crippen molar-refractivity contribution in [3.05, 3.63) is 41.9 Å². The van der Waals surface area contributed by atoms with Crippen molar-refractivity contribution >= 4 is 11.9 Å². The van der Waals surface area contributed by atoms with Crippen LogP contribution in [0.15, 0.2) is 29.1 Å². The van der Waals surface area contributed by atoms with Gasteiger partial charge in [-0.25, -0.2) is 9.78 Å². The normalized spacial score (nSPS) is 10.2. The highest BCUT2D eigenvalue weighted by Gasteiger charge is 2.14. The Morgan fingerprint density at radius 3 is 2.94 bits per heavy atom. The first-order valence-electron chi connectivity index (χ1n) is 5.25. The molecule has 3 N–H and O–H groups in total. The number of carbonyl (C=O) groups is 2. The molecule has 2 aromatic rings. The first kappa shape index (κ1) is 11.9. The molecule has 0 aliphatic heterocycles. The lowest BCUT2D eigenvalue weighted by molar-refractivity contribution is 0.0696. The molecule has 0 saturated carbocycles. The largest absolute Gasteiger partial charge is 0.478 e. The Labute approximate surface area is 102 Å². The number of hydrogen-bond donors (Lipinski definition) is 3. The number of H-pyrrole nitrogens is 1. The summed E-state index contributed by atoms with van der Waals surface area (Å²) < 4.78 is 4.86. The molecule has 0 spiro atoms. The number of furan rings is 1. The molecule has 94 valence electrons. The molecule has 0 aliphatic rings. The molecule has 18 heavy (non-hydrogen) atoms. The van der Waals surface area contributed by atoms with E-state index in [1.54, 1.807) is 12.4 Å². The van der Waals surface area contributed by atoms with Crippen LogP contribution < -0.4 is 5.32 Å². The molecule has 7 nitrogen and oxygen atoms in total. The standard InChI is InChI=1S/C11H11N3O4/c15-10(8-5-7(6-18-8)11(16)17)14-2-1-9-12-3-4-13-9/h3-6H,1-2H2,(H,12,13)(H,14,15)(H,16,17). The molecule has 0 atom stereocenters. The van der Waals surface area contributed by atoms with Gasteiger partial charge in [-0.3, -0.25) is 4.79 Å². The fourth-order valence-corrected chi connectivity index (χ4v) is 1.38. The van der Waals surface area contributed by atoms with Crippen LogP contribution in [-0.2, 0) is 6.42 Å². The first-order valence-corrected chi connectivity index (χ1v) is 5.25. The minimum Gasteiger partial charge on any atom is -0.478 e. The van der Waals surface area contributed by atoms with Crippen LogP contribution in [-0.4, -0.2) is 33.5 Å². The molecule has 0 radical (unpaired) electrons. The molecule has 2 heterocycles. The van der Waals surface area contributed by atoms with Gasteiger partial charge in [0, 0.05) is 31.4 Å². The van der Waals surface area contributed by atoms with Crippen molar-refractivity contribution < 1.29 is 19.1 Å². The number of carbonyl (C=O) groups excluding carboxylic acids is 1. The highest BCUT2D eigenvalue weighted by molar-refractivity contribution is 5.95. The number of nitrogens with one attached hydrogen (secondary N) is 2. The van der Waals surface area contributed by atoms with E-state index in [2.05, 4.69) is 15.3 Å². The number of carboxylic acids is 1. The van der Waals surface area contributed by atoms with Crippen LogP contribution in [0.25, 0.3) is 0 Å². The zero-order chi connectivity index (χ0) is 13.0. The molecule has 0 unspecified atom stereocenters. The van der Waals surface area contributed by atoms with Gasteiger partial charge in [0.15, 0.2) is 5.76 Å². The summed E-state index contributed by atoms with van der Waals surface area (Å²) >= 11 is 0. The zero-order valence-corrected chi connectivity index (χ0v) is 9.34. The monoisotopic (exact) mass is 249 g/mol. The van der Waals surface area contributed by atoms with Crippen molar-refractivity contribution in [3.63, 3.8) is 0 Å². The molecule has 0 fully saturated rings. The van der Waals surface area contributed by atoms with Crippen molar-refractivity contribution in [2.45, 2.75) is 6.42 Å². The van der Waals surface area contributed by atoms with Gasteiger partial charge in [-0.2, -0.15) is 0 Å². The van der Waals surface area contributed by atoms with Crippen molar-refractivity contribution in [1.82, 2.24) is 15.3 Å². The van der Waals surface area contributed by atoms with Crippen LogP contribution in [0.2, 0.25) is 0 Å². The third-order valence-corrected chi connectivity index (χ3v) is 2.27.